The van der Waals surface area contributed by atoms with Crippen LogP contribution in [0.15, 0.2) is 0 Å². The van der Waals surface area contributed by atoms with E-state index in [0.717, 1.165) is 0 Å². The van der Waals surface area contributed by atoms with Gasteiger partial charge in [-0.05, 0) is 18.8 Å². The molecular weight excluding hydrogens is 360 g/mol. The predicted octanol–water partition coefficient (Wildman–Crippen LogP) is -1.88. The highest BCUT2D eigenvalue weighted by Gasteiger charge is 2.34. The lowest BCUT2D eigenvalue weighted by Crippen LogP contribution is -2.55. The Hall–Kier alpha value is -2.69. The largest absolute Gasteiger partial charge is 0.481 e. The van der Waals surface area contributed by atoms with Gasteiger partial charge in [0.1, 0.15) is 12.1 Å². The van der Waals surface area contributed by atoms with E-state index >= 15 is 0 Å². The van der Waals surface area contributed by atoms with Crippen molar-refractivity contribution in [1.82, 2.24) is 15.5 Å². The van der Waals surface area contributed by atoms with Gasteiger partial charge in [-0.3, -0.25) is 19.2 Å². The number of rotatable bonds is 9. The van der Waals surface area contributed by atoms with Crippen molar-refractivity contribution in [2.24, 2.45) is 11.7 Å². The van der Waals surface area contributed by atoms with Gasteiger partial charge in [-0.1, -0.05) is 13.8 Å². The number of nitrogens with zero attached hydrogens (tertiary/aromatic N) is 1. The Morgan fingerprint density at radius 1 is 1.15 bits per heavy atom. The summed E-state index contributed by atoms with van der Waals surface area (Å²) in [7, 11) is 0. The fraction of sp³-hybridized carbons (Fsp3) is 0.688. The first-order valence-electron chi connectivity index (χ1n) is 8.62. The van der Waals surface area contributed by atoms with Crippen LogP contribution in [-0.4, -0.2) is 76.0 Å². The average Bonchev–Trinajstić information content (AvgIpc) is 3.06. The molecule has 152 valence electrons. The van der Waals surface area contributed by atoms with Crippen LogP contribution in [0.2, 0.25) is 0 Å². The zero-order chi connectivity index (χ0) is 20.7. The van der Waals surface area contributed by atoms with Crippen molar-refractivity contribution in [2.45, 2.75) is 51.2 Å². The molecule has 1 aliphatic heterocycles. The molecule has 3 amide bonds. The fourth-order valence-electron chi connectivity index (χ4n) is 2.77. The first-order valence-corrected chi connectivity index (χ1v) is 8.62. The van der Waals surface area contributed by atoms with Gasteiger partial charge in [-0.15, -0.1) is 0 Å². The first-order chi connectivity index (χ1) is 12.5. The molecule has 0 saturated carbocycles. The number of nitrogens with one attached hydrogen (secondary N) is 2. The van der Waals surface area contributed by atoms with Crippen LogP contribution in [0.25, 0.3) is 0 Å². The van der Waals surface area contributed by atoms with Crippen molar-refractivity contribution < 1.29 is 34.2 Å². The number of carboxylic acid groups (broad SMARTS) is 2. The second kappa shape index (κ2) is 9.86. The molecule has 0 bridgehead atoms. The van der Waals surface area contributed by atoms with E-state index < -0.39 is 60.8 Å². The maximum absolute atomic E-state index is 12.3. The number of hydrogen-bond donors (Lipinski definition) is 5. The third-order valence-corrected chi connectivity index (χ3v) is 4.25. The smallest absolute Gasteiger partial charge is 0.326 e. The van der Waals surface area contributed by atoms with Crippen LogP contribution in [0.4, 0.5) is 0 Å². The molecule has 1 heterocycles. The number of nitrogens with two attached hydrogens (primary N) is 1. The summed E-state index contributed by atoms with van der Waals surface area (Å²) in [6, 6.07) is -3.22. The highest BCUT2D eigenvalue weighted by atomic mass is 16.4. The quantitative estimate of drug-likeness (QED) is 0.305. The van der Waals surface area contributed by atoms with Crippen LogP contribution in [0, 0.1) is 5.92 Å². The molecule has 1 rings (SSSR count). The molecular formula is C16H26N4O7. The van der Waals surface area contributed by atoms with Crippen LogP contribution in [0.3, 0.4) is 0 Å². The van der Waals surface area contributed by atoms with Crippen molar-refractivity contribution in [3.8, 4) is 0 Å². The van der Waals surface area contributed by atoms with E-state index in [4.69, 9.17) is 15.9 Å². The van der Waals surface area contributed by atoms with Crippen LogP contribution in [0.5, 0.6) is 0 Å². The number of likely N-dealkylation sites (tertiary alicyclic amines) is 1. The Bertz CT molecular complexity index is 608. The van der Waals surface area contributed by atoms with Crippen LogP contribution < -0.4 is 16.4 Å². The lowest BCUT2D eigenvalue weighted by molar-refractivity contribution is -0.148. The van der Waals surface area contributed by atoms with Crippen molar-refractivity contribution in [1.29, 1.82) is 0 Å². The highest BCUT2D eigenvalue weighted by molar-refractivity contribution is 5.93. The number of hydrogen-bond acceptors (Lipinski definition) is 6. The van der Waals surface area contributed by atoms with E-state index in [-0.39, 0.29) is 5.92 Å². The van der Waals surface area contributed by atoms with Crippen molar-refractivity contribution in [3.05, 3.63) is 0 Å². The Kier molecular flexibility index (Phi) is 8.16. The Morgan fingerprint density at radius 3 is 2.30 bits per heavy atom. The monoisotopic (exact) mass is 386 g/mol. The zero-order valence-electron chi connectivity index (χ0n) is 15.3. The van der Waals surface area contributed by atoms with E-state index in [0.29, 0.717) is 19.4 Å². The van der Waals surface area contributed by atoms with Gasteiger partial charge < -0.3 is 31.5 Å². The summed E-state index contributed by atoms with van der Waals surface area (Å²) in [5.41, 5.74) is 5.47. The molecule has 27 heavy (non-hydrogen) atoms. The molecule has 1 aliphatic rings. The highest BCUT2D eigenvalue weighted by Crippen LogP contribution is 2.17. The molecule has 0 spiro atoms. The van der Waals surface area contributed by atoms with E-state index in [1.54, 1.807) is 13.8 Å². The molecule has 0 radical (unpaired) electrons. The lowest BCUT2D eigenvalue weighted by atomic mass is 10.0. The fourth-order valence-corrected chi connectivity index (χ4v) is 2.77. The minimum Gasteiger partial charge on any atom is -0.481 e. The second-order valence-corrected chi connectivity index (χ2v) is 6.74. The van der Waals surface area contributed by atoms with Crippen molar-refractivity contribution in [2.75, 3.05) is 13.1 Å². The molecule has 0 aromatic heterocycles. The number of carboxylic acids is 2. The third kappa shape index (κ3) is 6.51. The van der Waals surface area contributed by atoms with Gasteiger partial charge in [0.25, 0.3) is 0 Å². The summed E-state index contributed by atoms with van der Waals surface area (Å²) in [4.78, 5) is 59.4. The van der Waals surface area contributed by atoms with E-state index in [1.807, 2.05) is 0 Å². The molecule has 11 nitrogen and oxygen atoms in total. The average molecular weight is 386 g/mol. The summed E-state index contributed by atoms with van der Waals surface area (Å²) in [6.45, 7) is 3.23. The van der Waals surface area contributed by atoms with Crippen LogP contribution in [-0.2, 0) is 24.0 Å². The summed E-state index contributed by atoms with van der Waals surface area (Å²) in [5.74, 6) is -4.63. The van der Waals surface area contributed by atoms with Gasteiger partial charge in [0.2, 0.25) is 17.7 Å². The number of aliphatic carboxylic acids is 2. The molecule has 11 heteroatoms. The molecule has 0 aliphatic carbocycles. The van der Waals surface area contributed by atoms with Gasteiger partial charge in [-0.25, -0.2) is 4.79 Å². The van der Waals surface area contributed by atoms with Gasteiger partial charge in [0.15, 0.2) is 0 Å². The number of carbonyl (C=O) groups is 5. The molecule has 3 atom stereocenters. The van der Waals surface area contributed by atoms with Gasteiger partial charge >= 0.3 is 11.9 Å². The third-order valence-electron chi connectivity index (χ3n) is 4.25. The SMILES string of the molecule is CC(C)[C@H](NC(=O)[C@@H](N)CC(=O)O)C(=O)NCC(=O)N1CCC[C@H]1C(=O)O. The Morgan fingerprint density at radius 2 is 1.78 bits per heavy atom. The zero-order valence-corrected chi connectivity index (χ0v) is 15.3. The topological polar surface area (TPSA) is 179 Å². The predicted molar refractivity (Wildman–Crippen MR) is 92.4 cm³/mol. The molecule has 0 aromatic carbocycles. The molecule has 1 saturated heterocycles. The minimum absolute atomic E-state index is 0.306. The van der Waals surface area contributed by atoms with Crippen molar-refractivity contribution >= 4 is 29.7 Å². The van der Waals surface area contributed by atoms with E-state index in [1.165, 1.54) is 4.90 Å². The summed E-state index contributed by atoms with van der Waals surface area (Å²) >= 11 is 0. The molecule has 6 N–H and O–H groups in total. The standard InChI is InChI=1S/C16H26N4O7/c1-8(2)13(19-14(24)9(17)6-12(22)23)15(25)18-7-11(21)20-5-3-4-10(20)16(26)27/h8-10,13H,3-7,17H2,1-2H3,(H,18,25)(H,19,24)(H,22,23)(H,26,27)/t9-,10-,13-/m0/s1. The maximum Gasteiger partial charge on any atom is 0.326 e. The second-order valence-electron chi connectivity index (χ2n) is 6.74. The molecule has 0 unspecified atom stereocenters. The number of carbonyl (C=O) groups excluding carboxylic acids is 3. The van der Waals surface area contributed by atoms with Gasteiger partial charge in [0.05, 0.1) is 19.0 Å². The molecule has 1 fully saturated rings. The Balaban J connectivity index is 2.63. The summed E-state index contributed by atoms with van der Waals surface area (Å²) < 4.78 is 0. The summed E-state index contributed by atoms with van der Waals surface area (Å²) in [5, 5.41) is 22.5. The summed E-state index contributed by atoms with van der Waals surface area (Å²) in [6.07, 6.45) is 0.353. The van der Waals surface area contributed by atoms with Gasteiger partial charge in [0, 0.05) is 6.54 Å². The number of amides is 3. The maximum atomic E-state index is 12.3. The lowest BCUT2D eigenvalue weighted by Gasteiger charge is -2.25. The van der Waals surface area contributed by atoms with Crippen molar-refractivity contribution in [3.63, 3.8) is 0 Å². The molecule has 0 aromatic rings. The van der Waals surface area contributed by atoms with Gasteiger partial charge in [-0.2, -0.15) is 0 Å². The van der Waals surface area contributed by atoms with Crippen LogP contribution in [0.1, 0.15) is 33.1 Å². The normalized spacial score (nSPS) is 18.7. The first kappa shape index (κ1) is 22.4. The minimum atomic E-state index is -1.31. The van der Waals surface area contributed by atoms with E-state index in [2.05, 4.69) is 10.6 Å². The van der Waals surface area contributed by atoms with Crippen LogP contribution >= 0.6 is 0 Å². The van der Waals surface area contributed by atoms with E-state index in [9.17, 15) is 24.0 Å². The Labute approximate surface area is 156 Å².